The average molecular weight is 556 g/mol. The van der Waals surface area contributed by atoms with Crippen molar-refractivity contribution in [1.82, 2.24) is 24.2 Å². The van der Waals surface area contributed by atoms with E-state index in [1.54, 1.807) is 40.1 Å². The zero-order valence-corrected chi connectivity index (χ0v) is 22.4. The highest BCUT2D eigenvalue weighted by molar-refractivity contribution is 6.31. The van der Waals surface area contributed by atoms with Crippen LogP contribution in [0.3, 0.4) is 0 Å². The van der Waals surface area contributed by atoms with Gasteiger partial charge in [0.15, 0.2) is 0 Å². The second kappa shape index (κ2) is 10.00. The van der Waals surface area contributed by atoms with Gasteiger partial charge in [-0.05, 0) is 73.1 Å². The lowest BCUT2D eigenvalue weighted by atomic mass is 10.0. The zero-order chi connectivity index (χ0) is 28.2. The average Bonchev–Trinajstić information content (AvgIpc) is 3.52. The molecule has 3 heterocycles. The molecular weight excluding hydrogens is 531 g/mol. The van der Waals surface area contributed by atoms with Gasteiger partial charge in [-0.3, -0.25) is 19.1 Å². The van der Waals surface area contributed by atoms with Gasteiger partial charge in [-0.15, -0.1) is 0 Å². The first-order chi connectivity index (χ1) is 18.5. The van der Waals surface area contributed by atoms with Crippen molar-refractivity contribution in [1.29, 1.82) is 0 Å². The zero-order valence-electron chi connectivity index (χ0n) is 21.6. The van der Waals surface area contributed by atoms with Crippen LogP contribution in [0.1, 0.15) is 57.5 Å². The molecule has 1 aromatic carbocycles. The number of pyridine rings is 2. The normalized spacial score (nSPS) is 16.5. The number of alkyl halides is 2. The number of aryl methyl sites for hydroxylation is 2. The van der Waals surface area contributed by atoms with E-state index < -0.39 is 23.8 Å². The molecule has 39 heavy (non-hydrogen) atoms. The van der Waals surface area contributed by atoms with Crippen LogP contribution in [-0.2, 0) is 0 Å². The molecule has 0 radical (unpaired) electrons. The summed E-state index contributed by atoms with van der Waals surface area (Å²) in [6, 6.07) is 7.94. The smallest absolute Gasteiger partial charge is 0.333 e. The van der Waals surface area contributed by atoms with E-state index in [9.17, 15) is 18.4 Å². The van der Waals surface area contributed by atoms with Crippen molar-refractivity contribution >= 4 is 17.5 Å². The summed E-state index contributed by atoms with van der Waals surface area (Å²) in [5.74, 6) is -1.32. The molecule has 0 bridgehead atoms. The van der Waals surface area contributed by atoms with Gasteiger partial charge in [-0.25, -0.2) is 9.07 Å². The van der Waals surface area contributed by atoms with Gasteiger partial charge in [0.25, 0.3) is 11.5 Å². The van der Waals surface area contributed by atoms with Gasteiger partial charge in [0.05, 0.1) is 23.1 Å². The Morgan fingerprint density at radius 1 is 1.15 bits per heavy atom. The van der Waals surface area contributed by atoms with Crippen LogP contribution in [0, 0.1) is 19.7 Å². The highest BCUT2D eigenvalue weighted by Crippen LogP contribution is 2.55. The summed E-state index contributed by atoms with van der Waals surface area (Å²) in [6.45, 7) is 0.826. The number of rotatable bonds is 6. The first-order valence-corrected chi connectivity index (χ1v) is 12.6. The standard InChI is InChI=1S/C28H25ClF3N5O2/c1-14-11-33-22(17-6-5-7-18(25(17)30)26(38)35(3)4)10-23(14)37-15(2)8-21(24(29)27(37)39)20-9-19(20)16-12-34-36(13-16)28(31)32/h5-8,10-13,19-20,28H,9H2,1-4H3/t19-,20+/m1/s1. The molecule has 0 saturated heterocycles. The number of nitrogens with zero attached hydrogens (tertiary/aromatic N) is 5. The molecule has 4 aromatic rings. The molecule has 0 N–H and O–H groups in total. The molecule has 0 aliphatic heterocycles. The summed E-state index contributed by atoms with van der Waals surface area (Å²) >= 11 is 6.59. The number of hydrogen-bond acceptors (Lipinski definition) is 4. The minimum absolute atomic E-state index is 0.0388. The lowest BCUT2D eigenvalue weighted by Crippen LogP contribution is -2.23. The van der Waals surface area contributed by atoms with E-state index in [1.165, 1.54) is 40.2 Å². The maximum absolute atomic E-state index is 15.4. The van der Waals surface area contributed by atoms with Crippen LogP contribution in [0.5, 0.6) is 0 Å². The Morgan fingerprint density at radius 2 is 1.90 bits per heavy atom. The molecule has 0 unspecified atom stereocenters. The summed E-state index contributed by atoms with van der Waals surface area (Å²) in [5, 5.41) is 3.74. The molecule has 1 fully saturated rings. The minimum Gasteiger partial charge on any atom is -0.345 e. The van der Waals surface area contributed by atoms with E-state index in [1.807, 2.05) is 6.07 Å². The summed E-state index contributed by atoms with van der Waals surface area (Å²) in [4.78, 5) is 31.6. The van der Waals surface area contributed by atoms with Crippen molar-refractivity contribution in [3.63, 3.8) is 0 Å². The number of benzene rings is 1. The molecule has 3 aromatic heterocycles. The topological polar surface area (TPSA) is 73.0 Å². The summed E-state index contributed by atoms with van der Waals surface area (Å²) in [6.07, 6.45) is 4.94. The van der Waals surface area contributed by atoms with Gasteiger partial charge in [0.2, 0.25) is 0 Å². The largest absolute Gasteiger partial charge is 0.345 e. The summed E-state index contributed by atoms with van der Waals surface area (Å²) < 4.78 is 43.3. The minimum atomic E-state index is -2.72. The van der Waals surface area contributed by atoms with Crippen LogP contribution in [-0.4, -0.2) is 44.2 Å². The van der Waals surface area contributed by atoms with E-state index in [2.05, 4.69) is 10.1 Å². The molecule has 1 aliphatic rings. The van der Waals surface area contributed by atoms with Crippen LogP contribution in [0.25, 0.3) is 16.9 Å². The van der Waals surface area contributed by atoms with Crippen LogP contribution < -0.4 is 5.56 Å². The summed E-state index contributed by atoms with van der Waals surface area (Å²) in [7, 11) is 3.08. The molecule has 11 heteroatoms. The third-order valence-electron chi connectivity index (χ3n) is 7.03. The van der Waals surface area contributed by atoms with Crippen molar-refractivity contribution in [3.8, 4) is 16.9 Å². The van der Waals surface area contributed by atoms with Gasteiger partial charge in [0.1, 0.15) is 10.8 Å². The van der Waals surface area contributed by atoms with Gasteiger partial charge in [-0.2, -0.15) is 13.9 Å². The third-order valence-corrected chi connectivity index (χ3v) is 7.41. The monoisotopic (exact) mass is 555 g/mol. The lowest BCUT2D eigenvalue weighted by Gasteiger charge is -2.17. The Labute approximate surface area is 227 Å². The van der Waals surface area contributed by atoms with Crippen LogP contribution in [0.15, 0.2) is 53.7 Å². The highest BCUT2D eigenvalue weighted by Gasteiger charge is 2.42. The molecule has 1 aliphatic carbocycles. The van der Waals surface area contributed by atoms with Crippen LogP contribution in [0.2, 0.25) is 5.02 Å². The second-order valence-electron chi connectivity index (χ2n) is 9.90. The Kier molecular flexibility index (Phi) is 6.84. The van der Waals surface area contributed by atoms with E-state index in [4.69, 9.17) is 11.6 Å². The molecular formula is C28H25ClF3N5O2. The SMILES string of the molecule is Cc1cnc(-c2cccc(C(=O)N(C)C)c2F)cc1-n1c(C)cc([C@H]2C[C@@H]2c2cnn(C(F)F)c2)c(Cl)c1=O. The predicted molar refractivity (Wildman–Crippen MR) is 141 cm³/mol. The number of amides is 1. The van der Waals surface area contributed by atoms with Gasteiger partial charge < -0.3 is 4.90 Å². The maximum atomic E-state index is 15.4. The molecule has 1 amide bonds. The Hall–Kier alpha value is -3.92. The van der Waals surface area contributed by atoms with Crippen LogP contribution >= 0.6 is 11.6 Å². The van der Waals surface area contributed by atoms with E-state index in [-0.39, 0.29) is 33.7 Å². The maximum Gasteiger partial charge on any atom is 0.333 e. The van der Waals surface area contributed by atoms with E-state index in [0.717, 1.165) is 0 Å². The predicted octanol–water partition coefficient (Wildman–Crippen LogP) is 5.87. The second-order valence-corrected chi connectivity index (χ2v) is 10.3. The molecule has 202 valence electrons. The van der Waals surface area contributed by atoms with Gasteiger partial charge in [-0.1, -0.05) is 17.7 Å². The number of hydrogen-bond donors (Lipinski definition) is 0. The molecule has 2 atom stereocenters. The Balaban J connectivity index is 1.53. The van der Waals surface area contributed by atoms with Crippen LogP contribution in [0.4, 0.5) is 13.2 Å². The summed E-state index contributed by atoms with van der Waals surface area (Å²) in [5.41, 5.74) is 2.92. The van der Waals surface area contributed by atoms with Gasteiger partial charge >= 0.3 is 6.55 Å². The molecule has 1 saturated carbocycles. The molecule has 7 nitrogen and oxygen atoms in total. The van der Waals surface area contributed by atoms with Crippen molar-refractivity contribution < 1.29 is 18.0 Å². The fourth-order valence-electron chi connectivity index (χ4n) is 4.90. The number of carbonyl (C=O) groups is 1. The Bertz CT molecular complexity index is 1660. The fourth-order valence-corrected chi connectivity index (χ4v) is 5.18. The van der Waals surface area contributed by atoms with Gasteiger partial charge in [0, 0.05) is 37.7 Å². The number of carbonyl (C=O) groups excluding carboxylic acids is 1. The van der Waals surface area contributed by atoms with E-state index >= 15 is 4.39 Å². The Morgan fingerprint density at radius 3 is 2.56 bits per heavy atom. The third kappa shape index (κ3) is 4.73. The highest BCUT2D eigenvalue weighted by atomic mass is 35.5. The van der Waals surface area contributed by atoms with E-state index in [0.29, 0.717) is 39.2 Å². The fraction of sp³-hybridized carbons (Fsp3) is 0.286. The first-order valence-electron chi connectivity index (χ1n) is 12.2. The lowest BCUT2D eigenvalue weighted by molar-refractivity contribution is 0.0565. The number of halogens is 4. The number of aromatic nitrogens is 4. The van der Waals surface area contributed by atoms with Crippen molar-refractivity contribution in [2.45, 2.75) is 38.7 Å². The molecule has 5 rings (SSSR count). The first kappa shape index (κ1) is 26.7. The van der Waals surface area contributed by atoms with Crippen molar-refractivity contribution in [2.75, 3.05) is 14.1 Å². The molecule has 0 spiro atoms. The van der Waals surface area contributed by atoms with Crippen molar-refractivity contribution in [3.05, 3.63) is 98.1 Å². The van der Waals surface area contributed by atoms with Crippen molar-refractivity contribution in [2.24, 2.45) is 0 Å². The quantitative estimate of drug-likeness (QED) is 0.298.